The summed E-state index contributed by atoms with van der Waals surface area (Å²) < 4.78 is 6.42. The molecule has 3 aliphatic rings. The van der Waals surface area contributed by atoms with E-state index in [1.165, 1.54) is 11.1 Å². The molecule has 0 radical (unpaired) electrons. The van der Waals surface area contributed by atoms with Crippen molar-refractivity contribution in [3.63, 3.8) is 0 Å². The normalized spacial score (nSPS) is 22.4. The van der Waals surface area contributed by atoms with Gasteiger partial charge in [0.05, 0.1) is 12.5 Å². The predicted molar refractivity (Wildman–Crippen MR) is 164 cm³/mol. The van der Waals surface area contributed by atoms with Crippen molar-refractivity contribution in [3.8, 4) is 5.75 Å². The lowest BCUT2D eigenvalue weighted by molar-refractivity contribution is -0.139. The summed E-state index contributed by atoms with van der Waals surface area (Å²) in [5, 5.41) is 0. The van der Waals surface area contributed by atoms with Gasteiger partial charge in [-0.05, 0) is 79.7 Å². The number of hydrogen-bond acceptors (Lipinski definition) is 4. The fourth-order valence-corrected chi connectivity index (χ4v) is 7.32. The number of hydrogen-bond donors (Lipinski definition) is 0. The molecule has 0 bridgehead atoms. The average Bonchev–Trinajstić information content (AvgIpc) is 3.56. The Morgan fingerprint density at radius 3 is 2.39 bits per heavy atom. The zero-order valence-corrected chi connectivity index (χ0v) is 25.3. The summed E-state index contributed by atoms with van der Waals surface area (Å²) in [6, 6.07) is 26.4. The molecule has 0 saturated carbocycles. The summed E-state index contributed by atoms with van der Waals surface area (Å²) in [7, 11) is 1.63. The van der Waals surface area contributed by atoms with Gasteiger partial charge in [0.2, 0.25) is 5.91 Å². The fraction of sp³-hybridized carbons (Fsp3) is 0.412. The molecule has 3 aromatic rings. The number of likely N-dealkylation sites (tertiary alicyclic amines) is 3. The molecule has 0 N–H and O–H groups in total. The maximum absolute atomic E-state index is 13.6. The molecule has 3 saturated heterocycles. The molecule has 3 fully saturated rings. The van der Waals surface area contributed by atoms with E-state index in [-0.39, 0.29) is 17.2 Å². The van der Waals surface area contributed by atoms with E-state index in [0.717, 1.165) is 56.5 Å². The van der Waals surface area contributed by atoms with Crippen LogP contribution < -0.4 is 4.74 Å². The highest BCUT2D eigenvalue weighted by Gasteiger charge is 2.48. The minimum Gasteiger partial charge on any atom is -0.497 e. The van der Waals surface area contributed by atoms with Crippen molar-refractivity contribution in [3.05, 3.63) is 100 Å². The van der Waals surface area contributed by atoms with E-state index in [1.54, 1.807) is 7.11 Å². The van der Waals surface area contributed by atoms with E-state index < -0.39 is 0 Å². The maximum Gasteiger partial charge on any atom is 0.254 e. The lowest BCUT2D eigenvalue weighted by atomic mass is 9.76. The van der Waals surface area contributed by atoms with Crippen LogP contribution in [0.2, 0.25) is 0 Å². The number of piperidine rings is 1. The van der Waals surface area contributed by atoms with Crippen molar-refractivity contribution in [2.75, 3.05) is 46.4 Å². The molecule has 0 aliphatic carbocycles. The SMILES string of the molecule is COc1cccc(C(=O)N2CC(CN3CCC4(CC3)CCN(Cc3ccc(Br)cc3)C4=O)C(c3ccccc3)C2)c1. The molecule has 3 aromatic carbocycles. The quantitative estimate of drug-likeness (QED) is 0.336. The third-order valence-corrected chi connectivity index (χ3v) is 10.00. The molecular weight excluding hydrogens is 578 g/mol. The molecule has 214 valence electrons. The van der Waals surface area contributed by atoms with Gasteiger partial charge in [-0.15, -0.1) is 0 Å². The molecule has 2 unspecified atom stereocenters. The Bertz CT molecular complexity index is 1370. The van der Waals surface area contributed by atoms with Gasteiger partial charge in [0, 0.05) is 48.7 Å². The largest absolute Gasteiger partial charge is 0.497 e. The first-order valence-corrected chi connectivity index (χ1v) is 15.5. The molecular formula is C34H38BrN3O3. The lowest BCUT2D eigenvalue weighted by Gasteiger charge is -2.39. The van der Waals surface area contributed by atoms with Gasteiger partial charge in [-0.25, -0.2) is 0 Å². The number of nitrogens with zero attached hydrogens (tertiary/aromatic N) is 3. The standard InChI is InChI=1S/C34H38BrN3O3/c1-41-30-9-5-8-27(20-30)32(39)38-23-28(31(24-38)26-6-3-2-4-7-26)22-36-17-14-34(15-18-36)16-19-37(33(34)40)21-25-10-12-29(35)13-11-25/h2-13,20,28,31H,14-19,21-24H2,1H3. The van der Waals surface area contributed by atoms with E-state index >= 15 is 0 Å². The number of carbonyl (C=O) groups is 2. The van der Waals surface area contributed by atoms with Crippen LogP contribution in [-0.2, 0) is 11.3 Å². The summed E-state index contributed by atoms with van der Waals surface area (Å²) in [5.74, 6) is 1.72. The zero-order valence-electron chi connectivity index (χ0n) is 23.7. The highest BCUT2D eigenvalue weighted by molar-refractivity contribution is 9.10. The van der Waals surface area contributed by atoms with E-state index in [1.807, 2.05) is 41.3 Å². The monoisotopic (exact) mass is 615 g/mol. The van der Waals surface area contributed by atoms with Crippen LogP contribution in [0, 0.1) is 11.3 Å². The minimum atomic E-state index is -0.214. The zero-order chi connectivity index (χ0) is 28.4. The van der Waals surface area contributed by atoms with Gasteiger partial charge >= 0.3 is 0 Å². The van der Waals surface area contributed by atoms with E-state index in [2.05, 4.69) is 68.2 Å². The molecule has 6 nitrogen and oxygen atoms in total. The van der Waals surface area contributed by atoms with E-state index in [9.17, 15) is 9.59 Å². The number of amides is 2. The smallest absolute Gasteiger partial charge is 0.254 e. The van der Waals surface area contributed by atoms with Gasteiger partial charge in [-0.3, -0.25) is 9.59 Å². The highest BCUT2D eigenvalue weighted by Crippen LogP contribution is 2.43. The Balaban J connectivity index is 1.11. The molecule has 0 aromatic heterocycles. The van der Waals surface area contributed by atoms with Crippen LogP contribution >= 0.6 is 15.9 Å². The van der Waals surface area contributed by atoms with Crippen molar-refractivity contribution >= 4 is 27.7 Å². The van der Waals surface area contributed by atoms with Crippen LogP contribution in [0.4, 0.5) is 0 Å². The second-order valence-electron chi connectivity index (χ2n) is 11.9. The lowest BCUT2D eigenvalue weighted by Crippen LogP contribution is -2.46. The first kappa shape index (κ1) is 28.0. The summed E-state index contributed by atoms with van der Waals surface area (Å²) in [6.07, 6.45) is 2.78. The van der Waals surface area contributed by atoms with Crippen LogP contribution in [0.25, 0.3) is 0 Å². The van der Waals surface area contributed by atoms with Gasteiger partial charge in [0.25, 0.3) is 5.91 Å². The van der Waals surface area contributed by atoms with Crippen molar-refractivity contribution in [2.45, 2.75) is 31.7 Å². The first-order valence-electron chi connectivity index (χ1n) is 14.7. The summed E-state index contributed by atoms with van der Waals surface area (Å²) in [5.41, 5.74) is 2.93. The molecule has 2 amide bonds. The topological polar surface area (TPSA) is 53.1 Å². The third-order valence-electron chi connectivity index (χ3n) is 9.47. The van der Waals surface area contributed by atoms with Crippen LogP contribution in [0.3, 0.4) is 0 Å². The van der Waals surface area contributed by atoms with Crippen molar-refractivity contribution in [1.29, 1.82) is 0 Å². The van der Waals surface area contributed by atoms with Crippen molar-refractivity contribution in [2.24, 2.45) is 11.3 Å². The van der Waals surface area contributed by atoms with Gasteiger partial charge in [0.15, 0.2) is 0 Å². The Hall–Kier alpha value is -3.16. The van der Waals surface area contributed by atoms with Gasteiger partial charge in [0.1, 0.15) is 5.75 Å². The van der Waals surface area contributed by atoms with Crippen LogP contribution in [0.15, 0.2) is 83.3 Å². The predicted octanol–water partition coefficient (Wildman–Crippen LogP) is 5.83. The fourth-order valence-electron chi connectivity index (χ4n) is 7.05. The number of benzene rings is 3. The number of carbonyl (C=O) groups excluding carboxylic acids is 2. The Kier molecular flexibility index (Phi) is 8.18. The number of methoxy groups -OCH3 is 1. The molecule has 3 heterocycles. The molecule has 3 aliphatic heterocycles. The molecule has 41 heavy (non-hydrogen) atoms. The number of ether oxygens (including phenoxy) is 1. The van der Waals surface area contributed by atoms with Gasteiger partial charge in [-0.2, -0.15) is 0 Å². The molecule has 2 atom stereocenters. The Morgan fingerprint density at radius 1 is 0.927 bits per heavy atom. The van der Waals surface area contributed by atoms with E-state index in [0.29, 0.717) is 36.2 Å². The summed E-state index contributed by atoms with van der Waals surface area (Å²) in [4.78, 5) is 33.7. The van der Waals surface area contributed by atoms with Gasteiger partial charge < -0.3 is 19.4 Å². The Morgan fingerprint density at radius 2 is 1.66 bits per heavy atom. The van der Waals surface area contributed by atoms with E-state index in [4.69, 9.17) is 4.74 Å². The van der Waals surface area contributed by atoms with Crippen molar-refractivity contribution < 1.29 is 14.3 Å². The second-order valence-corrected chi connectivity index (χ2v) is 12.8. The molecule has 6 rings (SSSR count). The van der Waals surface area contributed by atoms with Crippen molar-refractivity contribution in [1.82, 2.24) is 14.7 Å². The molecule has 1 spiro atoms. The Labute approximate surface area is 251 Å². The number of rotatable bonds is 7. The minimum absolute atomic E-state index is 0.0624. The third kappa shape index (κ3) is 5.93. The number of halogens is 1. The summed E-state index contributed by atoms with van der Waals surface area (Å²) >= 11 is 3.50. The van der Waals surface area contributed by atoms with Crippen LogP contribution in [0.1, 0.15) is 46.7 Å². The van der Waals surface area contributed by atoms with Crippen LogP contribution in [-0.4, -0.2) is 72.9 Å². The molecule has 7 heteroatoms. The average molecular weight is 617 g/mol. The highest BCUT2D eigenvalue weighted by atomic mass is 79.9. The van der Waals surface area contributed by atoms with Crippen LogP contribution in [0.5, 0.6) is 5.75 Å². The van der Waals surface area contributed by atoms with Gasteiger partial charge in [-0.1, -0.05) is 64.5 Å². The maximum atomic E-state index is 13.6. The first-order chi connectivity index (χ1) is 19.9. The second kappa shape index (κ2) is 12.0. The summed E-state index contributed by atoms with van der Waals surface area (Å²) in [6.45, 7) is 5.78.